The Labute approximate surface area is 161 Å². The van der Waals surface area contributed by atoms with E-state index in [1.54, 1.807) is 36.4 Å². The zero-order chi connectivity index (χ0) is 21.2. The lowest BCUT2D eigenvalue weighted by molar-refractivity contribution is -0.143. The first-order chi connectivity index (χ1) is 13.6. The van der Waals surface area contributed by atoms with Gasteiger partial charge in [0.05, 0.1) is 17.3 Å². The van der Waals surface area contributed by atoms with Crippen LogP contribution in [0, 0.1) is 11.3 Å². The minimum atomic E-state index is -5.00. The van der Waals surface area contributed by atoms with Gasteiger partial charge in [0, 0.05) is 6.07 Å². The average molecular weight is 407 g/mol. The molecule has 0 saturated heterocycles. The summed E-state index contributed by atoms with van der Waals surface area (Å²) in [5.41, 5.74) is -1.47. The first kappa shape index (κ1) is 20.2. The average Bonchev–Trinajstić information content (AvgIpc) is 3.13. The van der Waals surface area contributed by atoms with Crippen LogP contribution in [0.4, 0.5) is 26.3 Å². The molecular formula is C20H11F6N3. The summed E-state index contributed by atoms with van der Waals surface area (Å²) in [5, 5.41) is 12.0. The number of nitriles is 1. The topological polar surface area (TPSA) is 41.6 Å². The van der Waals surface area contributed by atoms with Crippen LogP contribution >= 0.6 is 0 Å². The summed E-state index contributed by atoms with van der Waals surface area (Å²) < 4.78 is 78.0. The van der Waals surface area contributed by atoms with Crippen LogP contribution in [0.2, 0.25) is 0 Å². The largest absolute Gasteiger partial charge is 0.435 e. The van der Waals surface area contributed by atoms with Crippen LogP contribution in [0.5, 0.6) is 0 Å². The second-order valence-electron chi connectivity index (χ2n) is 5.98. The SMILES string of the molecule is N#Cc1cccc(/C=C\c2ccc(-n3nc(C(F)(F)F)cc3C(F)(F)F)cc2)c1. The van der Waals surface area contributed by atoms with E-state index >= 15 is 0 Å². The van der Waals surface area contributed by atoms with Gasteiger partial charge >= 0.3 is 12.4 Å². The molecule has 1 heterocycles. The Bertz CT molecular complexity index is 1080. The van der Waals surface area contributed by atoms with Crippen molar-refractivity contribution >= 4 is 12.2 Å². The molecule has 29 heavy (non-hydrogen) atoms. The molecule has 0 N–H and O–H groups in total. The maximum Gasteiger partial charge on any atom is 0.435 e. The number of aromatic nitrogens is 2. The van der Waals surface area contributed by atoms with E-state index in [9.17, 15) is 26.3 Å². The quantitative estimate of drug-likeness (QED) is 0.398. The molecule has 0 atom stereocenters. The molecule has 0 aliphatic carbocycles. The highest BCUT2D eigenvalue weighted by atomic mass is 19.4. The number of alkyl halides is 6. The van der Waals surface area contributed by atoms with Crippen LogP contribution < -0.4 is 0 Å². The zero-order valence-electron chi connectivity index (χ0n) is 14.5. The Morgan fingerprint density at radius 1 is 0.828 bits per heavy atom. The minimum Gasteiger partial charge on any atom is -0.228 e. The fourth-order valence-electron chi connectivity index (χ4n) is 2.55. The second-order valence-corrected chi connectivity index (χ2v) is 5.98. The summed E-state index contributed by atoms with van der Waals surface area (Å²) in [5.74, 6) is 0. The lowest BCUT2D eigenvalue weighted by Gasteiger charge is -2.10. The van der Waals surface area contributed by atoms with Crippen molar-refractivity contribution in [2.45, 2.75) is 12.4 Å². The summed E-state index contributed by atoms with van der Waals surface area (Å²) in [6.45, 7) is 0. The van der Waals surface area contributed by atoms with Crippen LogP contribution in [0.25, 0.3) is 17.8 Å². The van der Waals surface area contributed by atoms with E-state index in [1.165, 1.54) is 24.3 Å². The minimum absolute atomic E-state index is 0.0179. The first-order valence-electron chi connectivity index (χ1n) is 8.11. The Hall–Kier alpha value is -3.54. The fraction of sp³-hybridized carbons (Fsp3) is 0.100. The molecule has 1 aromatic heterocycles. The summed E-state index contributed by atoms with van der Waals surface area (Å²) in [7, 11) is 0. The molecule has 9 heteroatoms. The van der Waals surface area contributed by atoms with Gasteiger partial charge in [-0.1, -0.05) is 36.4 Å². The number of rotatable bonds is 3. The van der Waals surface area contributed by atoms with Crippen LogP contribution in [-0.4, -0.2) is 9.78 Å². The van der Waals surface area contributed by atoms with E-state index in [2.05, 4.69) is 5.10 Å². The molecule has 0 saturated carbocycles. The van der Waals surface area contributed by atoms with Gasteiger partial charge in [0.25, 0.3) is 0 Å². The Balaban J connectivity index is 1.91. The van der Waals surface area contributed by atoms with Gasteiger partial charge in [0.1, 0.15) is 5.69 Å². The highest BCUT2D eigenvalue weighted by Gasteiger charge is 2.42. The fourth-order valence-corrected chi connectivity index (χ4v) is 2.55. The highest BCUT2D eigenvalue weighted by molar-refractivity contribution is 5.70. The van der Waals surface area contributed by atoms with Crippen molar-refractivity contribution in [3.63, 3.8) is 0 Å². The number of halogens is 6. The van der Waals surface area contributed by atoms with Gasteiger partial charge < -0.3 is 0 Å². The Morgan fingerprint density at radius 3 is 2.07 bits per heavy atom. The van der Waals surface area contributed by atoms with Crippen molar-refractivity contribution in [1.29, 1.82) is 5.26 Å². The van der Waals surface area contributed by atoms with Crippen LogP contribution in [-0.2, 0) is 12.4 Å². The molecule has 0 aliphatic heterocycles. The van der Waals surface area contributed by atoms with Crippen molar-refractivity contribution in [1.82, 2.24) is 9.78 Å². The highest BCUT2D eigenvalue weighted by Crippen LogP contribution is 2.36. The van der Waals surface area contributed by atoms with Gasteiger partial charge in [-0.2, -0.15) is 36.7 Å². The molecule has 0 radical (unpaired) electrons. The van der Waals surface area contributed by atoms with Crippen LogP contribution in [0.15, 0.2) is 54.6 Å². The molecule has 0 amide bonds. The van der Waals surface area contributed by atoms with E-state index in [1.807, 2.05) is 6.07 Å². The van der Waals surface area contributed by atoms with Gasteiger partial charge in [-0.25, -0.2) is 4.68 Å². The molecular weight excluding hydrogens is 396 g/mol. The van der Waals surface area contributed by atoms with Gasteiger partial charge in [-0.05, 0) is 35.4 Å². The molecule has 148 valence electrons. The molecule has 2 aromatic carbocycles. The number of nitrogens with zero attached hydrogens (tertiary/aromatic N) is 3. The monoisotopic (exact) mass is 407 g/mol. The molecule has 0 aliphatic rings. The number of hydrogen-bond acceptors (Lipinski definition) is 2. The third kappa shape index (κ3) is 4.66. The first-order valence-corrected chi connectivity index (χ1v) is 8.11. The molecule has 3 aromatic rings. The smallest absolute Gasteiger partial charge is 0.228 e. The van der Waals surface area contributed by atoms with Gasteiger partial charge in [0.2, 0.25) is 0 Å². The molecule has 3 rings (SSSR count). The van der Waals surface area contributed by atoms with E-state index in [4.69, 9.17) is 5.26 Å². The molecule has 0 bridgehead atoms. The summed E-state index contributed by atoms with van der Waals surface area (Å²) >= 11 is 0. The van der Waals surface area contributed by atoms with E-state index in [0.29, 0.717) is 11.1 Å². The van der Waals surface area contributed by atoms with Gasteiger partial charge in [-0.3, -0.25) is 0 Å². The van der Waals surface area contributed by atoms with Crippen LogP contribution in [0.3, 0.4) is 0 Å². The maximum atomic E-state index is 13.1. The summed E-state index contributed by atoms with van der Waals surface area (Å²) in [6, 6.07) is 14.2. The third-order valence-electron chi connectivity index (χ3n) is 3.91. The number of benzene rings is 2. The molecule has 3 nitrogen and oxygen atoms in total. The Kier molecular flexibility index (Phi) is 5.20. The van der Waals surface area contributed by atoms with E-state index < -0.39 is 23.7 Å². The Morgan fingerprint density at radius 2 is 1.48 bits per heavy atom. The normalized spacial score (nSPS) is 12.3. The van der Waals surface area contributed by atoms with Crippen molar-refractivity contribution in [2.24, 2.45) is 0 Å². The van der Waals surface area contributed by atoms with Gasteiger partial charge in [-0.15, -0.1) is 0 Å². The second kappa shape index (κ2) is 7.47. The summed E-state index contributed by atoms with van der Waals surface area (Å²) in [6.07, 6.45) is -6.63. The maximum absolute atomic E-state index is 13.1. The lowest BCUT2D eigenvalue weighted by atomic mass is 10.1. The van der Waals surface area contributed by atoms with E-state index in [0.717, 1.165) is 5.56 Å². The predicted octanol–water partition coefficient (Wildman–Crippen LogP) is 5.95. The molecule has 0 fully saturated rings. The summed E-state index contributed by atoms with van der Waals surface area (Å²) in [4.78, 5) is 0. The standard InChI is InChI=1S/C20H11F6N3/c21-19(22,23)17-11-18(20(24,25)26)29(28-17)16-8-6-13(7-9-16)4-5-14-2-1-3-15(10-14)12-27/h1-11H/b5-4-. The van der Waals surface area contributed by atoms with Crippen molar-refractivity contribution in [3.8, 4) is 11.8 Å². The lowest BCUT2D eigenvalue weighted by Crippen LogP contribution is -2.13. The number of hydrogen-bond donors (Lipinski definition) is 0. The molecule has 0 spiro atoms. The van der Waals surface area contributed by atoms with Crippen molar-refractivity contribution in [3.05, 3.63) is 82.7 Å². The molecule has 0 unspecified atom stereocenters. The van der Waals surface area contributed by atoms with Crippen molar-refractivity contribution in [2.75, 3.05) is 0 Å². The third-order valence-corrected chi connectivity index (χ3v) is 3.91. The zero-order valence-corrected chi connectivity index (χ0v) is 14.5. The van der Waals surface area contributed by atoms with Crippen molar-refractivity contribution < 1.29 is 26.3 Å². The van der Waals surface area contributed by atoms with E-state index in [-0.39, 0.29) is 16.4 Å². The van der Waals surface area contributed by atoms with Gasteiger partial charge in [0.15, 0.2) is 5.69 Å². The predicted molar refractivity (Wildman–Crippen MR) is 93.7 cm³/mol. The van der Waals surface area contributed by atoms with Crippen LogP contribution in [0.1, 0.15) is 28.1 Å².